The zero-order valence-electron chi connectivity index (χ0n) is 10.4. The van der Waals surface area contributed by atoms with E-state index in [1.807, 2.05) is 11.8 Å². The van der Waals surface area contributed by atoms with Gasteiger partial charge in [0.2, 0.25) is 6.29 Å². The van der Waals surface area contributed by atoms with Gasteiger partial charge in [-0.15, -0.1) is 4.28 Å². The van der Waals surface area contributed by atoms with Gasteiger partial charge in [0.1, 0.15) is 5.84 Å². The number of aliphatic imine (C=N–C) groups is 1. The minimum absolute atomic E-state index is 0.466. The van der Waals surface area contributed by atoms with Crippen LogP contribution in [-0.4, -0.2) is 59.7 Å². The number of nitrogens with two attached hydrogens (primary N) is 1. The van der Waals surface area contributed by atoms with Gasteiger partial charge in [-0.2, -0.15) is 20.2 Å². The van der Waals surface area contributed by atoms with Crippen LogP contribution < -0.4 is 5.73 Å². The van der Waals surface area contributed by atoms with Crippen molar-refractivity contribution < 1.29 is 17.3 Å². The summed E-state index contributed by atoms with van der Waals surface area (Å²) in [5.41, 5.74) is 6.20. The molecule has 0 amide bonds. The van der Waals surface area contributed by atoms with Crippen molar-refractivity contribution in [3.8, 4) is 0 Å². The van der Waals surface area contributed by atoms with Crippen LogP contribution in [0.3, 0.4) is 0 Å². The van der Waals surface area contributed by atoms with E-state index in [9.17, 15) is 8.42 Å². The minimum Gasteiger partial charge on any atom is -0.355 e. The second-order valence-corrected chi connectivity index (χ2v) is 6.34. The molecular formula is C9H16N4O4S2. The first-order valence-electron chi connectivity index (χ1n) is 5.67. The third-order valence-electron chi connectivity index (χ3n) is 2.70. The predicted molar refractivity (Wildman–Crippen MR) is 72.5 cm³/mol. The maximum Gasteiger partial charge on any atom is 0.418 e. The molecule has 1 saturated heterocycles. The van der Waals surface area contributed by atoms with Crippen LogP contribution in [0.15, 0.2) is 16.8 Å². The Balaban J connectivity index is 2.13. The summed E-state index contributed by atoms with van der Waals surface area (Å²) in [6.45, 7) is 3.39. The van der Waals surface area contributed by atoms with Gasteiger partial charge >= 0.3 is 10.4 Å². The Bertz CT molecular complexity index is 498. The molecule has 0 radical (unpaired) electrons. The number of hydroxylamine groups is 2. The molecule has 10 heteroatoms. The van der Waals surface area contributed by atoms with Gasteiger partial charge < -0.3 is 4.90 Å². The van der Waals surface area contributed by atoms with Gasteiger partial charge in [0.25, 0.3) is 0 Å². The lowest BCUT2D eigenvalue weighted by molar-refractivity contribution is -0.0613. The number of amidine groups is 1. The summed E-state index contributed by atoms with van der Waals surface area (Å²) < 4.78 is 34.5. The van der Waals surface area contributed by atoms with Crippen molar-refractivity contribution in [2.45, 2.75) is 13.2 Å². The molecule has 1 fully saturated rings. The Hall–Kier alpha value is -0.810. The van der Waals surface area contributed by atoms with E-state index in [1.54, 1.807) is 13.0 Å². The second-order valence-electron chi connectivity index (χ2n) is 4.11. The SMILES string of the molecule is CC1=CC(N2CCSCC2)=NC(N)N1OS(=O)(=O)O. The second kappa shape index (κ2) is 5.67. The summed E-state index contributed by atoms with van der Waals surface area (Å²) in [6, 6.07) is 0. The van der Waals surface area contributed by atoms with Crippen LogP contribution >= 0.6 is 11.8 Å². The number of thioether (sulfide) groups is 1. The van der Waals surface area contributed by atoms with Crippen molar-refractivity contribution in [2.24, 2.45) is 10.7 Å². The van der Waals surface area contributed by atoms with E-state index in [-0.39, 0.29) is 0 Å². The number of hydrogen-bond donors (Lipinski definition) is 2. The highest BCUT2D eigenvalue weighted by molar-refractivity contribution is 7.99. The molecule has 0 aromatic rings. The first-order valence-corrected chi connectivity index (χ1v) is 8.19. The lowest BCUT2D eigenvalue weighted by atomic mass is 10.3. The number of nitrogens with zero attached hydrogens (tertiary/aromatic N) is 3. The third kappa shape index (κ3) is 3.83. The summed E-state index contributed by atoms with van der Waals surface area (Å²) in [5.74, 6) is 2.75. The highest BCUT2D eigenvalue weighted by Crippen LogP contribution is 2.19. The van der Waals surface area contributed by atoms with Gasteiger partial charge in [-0.3, -0.25) is 10.3 Å². The molecule has 0 aliphatic carbocycles. The largest absolute Gasteiger partial charge is 0.418 e. The average Bonchev–Trinajstić information content (AvgIpc) is 2.33. The van der Waals surface area contributed by atoms with Crippen molar-refractivity contribution >= 4 is 28.0 Å². The van der Waals surface area contributed by atoms with Crippen LogP contribution in [0.5, 0.6) is 0 Å². The molecule has 0 aromatic heterocycles. The lowest BCUT2D eigenvalue weighted by Crippen LogP contribution is -2.47. The number of rotatable bonds is 2. The zero-order valence-corrected chi connectivity index (χ0v) is 12.0. The standard InChI is InChI=1S/C9H16N4O4S2/c1-7-6-8(12-2-4-18-5-3-12)11-9(10)13(7)17-19(14,15)16/h6,9H,2-5,10H2,1H3,(H,14,15,16). The highest BCUT2D eigenvalue weighted by atomic mass is 32.3. The van der Waals surface area contributed by atoms with Crippen LogP contribution in [-0.2, 0) is 14.7 Å². The van der Waals surface area contributed by atoms with Crippen molar-refractivity contribution in [1.29, 1.82) is 0 Å². The molecule has 19 heavy (non-hydrogen) atoms. The van der Waals surface area contributed by atoms with Crippen LogP contribution in [0.4, 0.5) is 0 Å². The monoisotopic (exact) mass is 308 g/mol. The Morgan fingerprint density at radius 1 is 1.53 bits per heavy atom. The summed E-state index contributed by atoms with van der Waals surface area (Å²) in [6.07, 6.45) is 0.682. The smallest absolute Gasteiger partial charge is 0.355 e. The fraction of sp³-hybridized carbons (Fsp3) is 0.667. The minimum atomic E-state index is -4.61. The van der Waals surface area contributed by atoms with Crippen molar-refractivity contribution in [3.05, 3.63) is 11.8 Å². The lowest BCUT2D eigenvalue weighted by Gasteiger charge is -2.34. The third-order valence-corrected chi connectivity index (χ3v) is 3.99. The van der Waals surface area contributed by atoms with E-state index in [1.165, 1.54) is 0 Å². The highest BCUT2D eigenvalue weighted by Gasteiger charge is 2.27. The molecule has 1 unspecified atom stereocenters. The van der Waals surface area contributed by atoms with E-state index < -0.39 is 16.7 Å². The number of hydrogen-bond acceptors (Lipinski definition) is 8. The Kier molecular flexibility index (Phi) is 4.36. The van der Waals surface area contributed by atoms with Crippen LogP contribution in [0.2, 0.25) is 0 Å². The van der Waals surface area contributed by atoms with E-state index in [0.717, 1.165) is 29.7 Å². The van der Waals surface area contributed by atoms with E-state index >= 15 is 0 Å². The average molecular weight is 308 g/mol. The Labute approximate surface area is 116 Å². The van der Waals surface area contributed by atoms with E-state index in [0.29, 0.717) is 11.5 Å². The zero-order chi connectivity index (χ0) is 14.0. The predicted octanol–water partition coefficient (Wildman–Crippen LogP) is -0.370. The topological polar surface area (TPSA) is 108 Å². The summed E-state index contributed by atoms with van der Waals surface area (Å²) in [7, 11) is -4.61. The van der Waals surface area contributed by atoms with Gasteiger partial charge in [-0.05, 0) is 6.92 Å². The first kappa shape index (κ1) is 14.6. The van der Waals surface area contributed by atoms with Crippen molar-refractivity contribution in [2.75, 3.05) is 24.6 Å². The van der Waals surface area contributed by atoms with Gasteiger partial charge in [0.15, 0.2) is 0 Å². The molecule has 3 N–H and O–H groups in total. The molecule has 0 saturated carbocycles. The normalized spacial score (nSPS) is 25.1. The van der Waals surface area contributed by atoms with Gasteiger partial charge in [-0.25, -0.2) is 10.1 Å². The van der Waals surface area contributed by atoms with E-state index in [2.05, 4.69) is 14.2 Å². The summed E-state index contributed by atoms with van der Waals surface area (Å²) in [5, 5.41) is 0.859. The van der Waals surface area contributed by atoms with Crippen LogP contribution in [0.25, 0.3) is 0 Å². The molecular weight excluding hydrogens is 292 g/mol. The maximum absolute atomic E-state index is 10.7. The van der Waals surface area contributed by atoms with Crippen LogP contribution in [0.1, 0.15) is 6.92 Å². The molecule has 2 rings (SSSR count). The van der Waals surface area contributed by atoms with Crippen molar-refractivity contribution in [1.82, 2.24) is 9.96 Å². The molecule has 2 heterocycles. The molecule has 2 aliphatic rings. The fourth-order valence-corrected chi connectivity index (χ4v) is 3.17. The fourth-order valence-electron chi connectivity index (χ4n) is 1.85. The molecule has 1 atom stereocenters. The molecule has 8 nitrogen and oxygen atoms in total. The van der Waals surface area contributed by atoms with E-state index in [4.69, 9.17) is 10.3 Å². The summed E-state index contributed by atoms with van der Waals surface area (Å²) in [4.78, 5) is 6.27. The van der Waals surface area contributed by atoms with Crippen molar-refractivity contribution in [3.63, 3.8) is 0 Å². The first-order chi connectivity index (χ1) is 8.87. The van der Waals surface area contributed by atoms with Crippen LogP contribution in [0, 0.1) is 0 Å². The quantitative estimate of drug-likeness (QED) is 0.665. The Morgan fingerprint density at radius 2 is 2.16 bits per heavy atom. The number of allylic oxidation sites excluding steroid dienone is 1. The summed E-state index contributed by atoms with van der Waals surface area (Å²) >= 11 is 1.88. The maximum atomic E-state index is 10.7. The van der Waals surface area contributed by atoms with Gasteiger partial charge in [0.05, 0.1) is 0 Å². The van der Waals surface area contributed by atoms with Gasteiger partial charge in [-0.1, -0.05) is 0 Å². The van der Waals surface area contributed by atoms with Gasteiger partial charge in [0, 0.05) is 36.4 Å². The Morgan fingerprint density at radius 3 is 2.68 bits per heavy atom. The molecule has 108 valence electrons. The molecule has 0 aromatic carbocycles. The molecule has 2 aliphatic heterocycles. The molecule has 0 spiro atoms. The molecule has 0 bridgehead atoms.